The third kappa shape index (κ3) is 3.48. The number of anilines is 1. The largest absolute Gasteiger partial charge is 0.412 e. The molecule has 0 bridgehead atoms. The fraction of sp³-hybridized carbons (Fsp3) is 0.235. The Labute approximate surface area is 160 Å². The van der Waals surface area contributed by atoms with E-state index in [1.807, 2.05) is 0 Å². The van der Waals surface area contributed by atoms with Gasteiger partial charge in [-0.3, -0.25) is 4.79 Å². The van der Waals surface area contributed by atoms with Gasteiger partial charge < -0.3 is 10.2 Å². The maximum absolute atomic E-state index is 14.4. The molecule has 27 heavy (non-hydrogen) atoms. The van der Waals surface area contributed by atoms with Crippen molar-refractivity contribution in [2.24, 2.45) is 0 Å². The number of benzene rings is 1. The van der Waals surface area contributed by atoms with Crippen LogP contribution in [-0.4, -0.2) is 21.8 Å². The summed E-state index contributed by atoms with van der Waals surface area (Å²) in [6.45, 7) is 1.61. The molecule has 10 heteroatoms. The predicted octanol–water partition coefficient (Wildman–Crippen LogP) is 3.86. The summed E-state index contributed by atoms with van der Waals surface area (Å²) in [5.41, 5.74) is -0.834. The zero-order valence-electron chi connectivity index (χ0n) is 14.2. The summed E-state index contributed by atoms with van der Waals surface area (Å²) in [5, 5.41) is 3.41. The number of nitrogens with zero attached hydrogens (tertiary/aromatic N) is 3. The number of hydrogen-bond acceptors (Lipinski definition) is 5. The van der Waals surface area contributed by atoms with Gasteiger partial charge in [0.15, 0.2) is 5.65 Å². The highest BCUT2D eigenvalue weighted by Crippen LogP contribution is 2.30. The van der Waals surface area contributed by atoms with E-state index in [2.05, 4.69) is 31.2 Å². The quantitative estimate of drug-likeness (QED) is 0.649. The lowest BCUT2D eigenvalue weighted by atomic mass is 10.0. The Morgan fingerprint density at radius 1 is 1.26 bits per heavy atom. The topological polar surface area (TPSA) is 69.0 Å². The minimum atomic E-state index is -2.91. The Morgan fingerprint density at radius 3 is 2.63 bits per heavy atom. The van der Waals surface area contributed by atoms with Gasteiger partial charge in [0.25, 0.3) is 12.0 Å². The first-order chi connectivity index (χ1) is 12.8. The lowest BCUT2D eigenvalue weighted by Gasteiger charge is -2.18. The Morgan fingerprint density at radius 2 is 1.96 bits per heavy atom. The van der Waals surface area contributed by atoms with E-state index in [0.29, 0.717) is 11.2 Å². The van der Waals surface area contributed by atoms with E-state index in [9.17, 15) is 18.0 Å². The highest BCUT2D eigenvalue weighted by molar-refractivity contribution is 9.10. The van der Waals surface area contributed by atoms with Crippen molar-refractivity contribution in [1.82, 2.24) is 14.7 Å². The Bertz CT molecular complexity index is 1060. The van der Waals surface area contributed by atoms with Gasteiger partial charge in [0.1, 0.15) is 25.1 Å². The molecule has 0 aliphatic rings. The molecular weight excluding hydrogens is 429 g/mol. The maximum Gasteiger partial charge on any atom is 0.299 e. The molecule has 0 saturated carbocycles. The second-order valence-electron chi connectivity index (χ2n) is 5.65. The van der Waals surface area contributed by atoms with Crippen LogP contribution >= 0.6 is 15.9 Å². The standard InChI is InChI=1S/C17H14BrF3N4O2/c1-8(9-4-3-5-10(13(9)19)14(20)21)24-15-11-6-12(18)17(26)25(27-2)16(11)23-7-22-15/h3-8,14H,1-2H3,(H,22,23,24). The summed E-state index contributed by atoms with van der Waals surface area (Å²) in [4.78, 5) is 25.3. The second kappa shape index (κ2) is 7.55. The zero-order chi connectivity index (χ0) is 19.7. The average molecular weight is 443 g/mol. The van der Waals surface area contributed by atoms with E-state index in [4.69, 9.17) is 4.84 Å². The Kier molecular flexibility index (Phi) is 5.36. The van der Waals surface area contributed by atoms with Crippen molar-refractivity contribution >= 4 is 32.8 Å². The molecule has 6 nitrogen and oxygen atoms in total. The van der Waals surface area contributed by atoms with Crippen molar-refractivity contribution in [2.45, 2.75) is 19.4 Å². The van der Waals surface area contributed by atoms with Crippen LogP contribution in [0.1, 0.15) is 30.5 Å². The van der Waals surface area contributed by atoms with Gasteiger partial charge in [-0.15, -0.1) is 4.73 Å². The van der Waals surface area contributed by atoms with E-state index >= 15 is 0 Å². The maximum atomic E-state index is 14.4. The minimum Gasteiger partial charge on any atom is -0.412 e. The van der Waals surface area contributed by atoms with Crippen LogP contribution in [0.25, 0.3) is 11.0 Å². The first-order valence-corrected chi connectivity index (χ1v) is 8.58. The summed E-state index contributed by atoms with van der Waals surface area (Å²) < 4.78 is 41.5. The molecular formula is C17H14BrF3N4O2. The van der Waals surface area contributed by atoms with Crippen LogP contribution in [0, 0.1) is 5.82 Å². The molecule has 0 fully saturated rings. The van der Waals surface area contributed by atoms with Crippen molar-refractivity contribution in [3.8, 4) is 0 Å². The number of nitrogens with one attached hydrogen (secondary N) is 1. The van der Waals surface area contributed by atoms with Crippen LogP contribution in [-0.2, 0) is 0 Å². The van der Waals surface area contributed by atoms with Crippen LogP contribution in [0.2, 0.25) is 0 Å². The minimum absolute atomic E-state index is 0.0682. The van der Waals surface area contributed by atoms with Crippen molar-refractivity contribution in [3.63, 3.8) is 0 Å². The SMILES string of the molecule is COn1c(=O)c(Br)cc2c(NC(C)c3cccc(C(F)F)c3F)ncnc21. The van der Waals surface area contributed by atoms with E-state index < -0.39 is 29.4 Å². The Hall–Kier alpha value is -2.62. The van der Waals surface area contributed by atoms with Gasteiger partial charge in [0, 0.05) is 5.56 Å². The number of alkyl halides is 2. The molecule has 0 saturated heterocycles. The molecule has 1 atom stereocenters. The lowest BCUT2D eigenvalue weighted by Crippen LogP contribution is -2.26. The molecule has 3 rings (SSSR count). The molecule has 1 unspecified atom stereocenters. The summed E-state index contributed by atoms with van der Waals surface area (Å²) >= 11 is 3.15. The van der Waals surface area contributed by atoms with E-state index in [1.54, 1.807) is 6.92 Å². The smallest absolute Gasteiger partial charge is 0.299 e. The first kappa shape index (κ1) is 19.2. The monoisotopic (exact) mass is 442 g/mol. The summed E-state index contributed by atoms with van der Waals surface area (Å²) in [5.74, 6) is -0.679. The van der Waals surface area contributed by atoms with Crippen LogP contribution in [0.4, 0.5) is 19.0 Å². The molecule has 0 aliphatic heterocycles. The van der Waals surface area contributed by atoms with Crippen molar-refractivity contribution in [1.29, 1.82) is 0 Å². The fourth-order valence-electron chi connectivity index (χ4n) is 2.70. The highest BCUT2D eigenvalue weighted by Gasteiger charge is 2.21. The molecule has 0 amide bonds. The Balaban J connectivity index is 2.06. The number of rotatable bonds is 5. The van der Waals surface area contributed by atoms with Gasteiger partial charge in [-0.2, -0.15) is 0 Å². The number of fused-ring (bicyclic) bond motifs is 1. The molecule has 0 aliphatic carbocycles. The summed E-state index contributed by atoms with van der Waals surface area (Å²) in [6, 6.07) is 4.67. The van der Waals surface area contributed by atoms with Crippen molar-refractivity contribution < 1.29 is 18.0 Å². The van der Waals surface area contributed by atoms with Crippen LogP contribution in [0.15, 0.2) is 39.9 Å². The second-order valence-corrected chi connectivity index (χ2v) is 6.51. The van der Waals surface area contributed by atoms with Gasteiger partial charge in [0.2, 0.25) is 0 Å². The molecule has 1 N–H and O–H groups in total. The van der Waals surface area contributed by atoms with E-state index in [-0.39, 0.29) is 15.7 Å². The van der Waals surface area contributed by atoms with Gasteiger partial charge in [0.05, 0.1) is 21.5 Å². The predicted molar refractivity (Wildman–Crippen MR) is 97.4 cm³/mol. The highest BCUT2D eigenvalue weighted by atomic mass is 79.9. The lowest BCUT2D eigenvalue weighted by molar-refractivity contribution is 0.146. The normalized spacial score (nSPS) is 12.4. The zero-order valence-corrected chi connectivity index (χ0v) is 15.8. The number of aromatic nitrogens is 3. The van der Waals surface area contributed by atoms with Gasteiger partial charge in [-0.05, 0) is 28.9 Å². The molecule has 2 aromatic heterocycles. The van der Waals surface area contributed by atoms with E-state index in [1.165, 1.54) is 31.6 Å². The molecule has 1 aromatic carbocycles. The number of pyridine rings is 1. The van der Waals surface area contributed by atoms with E-state index in [0.717, 1.165) is 10.8 Å². The average Bonchev–Trinajstić information content (AvgIpc) is 2.63. The molecule has 2 heterocycles. The summed E-state index contributed by atoms with van der Waals surface area (Å²) in [6.07, 6.45) is -1.70. The van der Waals surface area contributed by atoms with Gasteiger partial charge in [-0.25, -0.2) is 23.1 Å². The van der Waals surface area contributed by atoms with Gasteiger partial charge in [-0.1, -0.05) is 18.2 Å². The molecule has 0 radical (unpaired) electrons. The molecule has 3 aromatic rings. The van der Waals surface area contributed by atoms with Crippen LogP contribution < -0.4 is 15.7 Å². The molecule has 0 spiro atoms. The first-order valence-electron chi connectivity index (χ1n) is 7.78. The van der Waals surface area contributed by atoms with Gasteiger partial charge >= 0.3 is 0 Å². The third-order valence-corrected chi connectivity index (χ3v) is 4.58. The van der Waals surface area contributed by atoms with Crippen molar-refractivity contribution in [3.05, 3.63) is 62.4 Å². The van der Waals surface area contributed by atoms with Crippen LogP contribution in [0.3, 0.4) is 0 Å². The van der Waals surface area contributed by atoms with Crippen LogP contribution in [0.5, 0.6) is 0 Å². The summed E-state index contributed by atoms with van der Waals surface area (Å²) in [7, 11) is 1.32. The number of hydrogen-bond donors (Lipinski definition) is 1. The number of halogens is 4. The van der Waals surface area contributed by atoms with Crippen molar-refractivity contribution in [2.75, 3.05) is 12.4 Å². The fourth-order valence-corrected chi connectivity index (χ4v) is 3.09. The molecule has 142 valence electrons. The third-order valence-electron chi connectivity index (χ3n) is 4.01.